The highest BCUT2D eigenvalue weighted by molar-refractivity contribution is 5.78. The van der Waals surface area contributed by atoms with Gasteiger partial charge in [-0.25, -0.2) is 0 Å². The van der Waals surface area contributed by atoms with Crippen molar-refractivity contribution in [3.63, 3.8) is 0 Å². The van der Waals surface area contributed by atoms with E-state index in [1.54, 1.807) is 0 Å². The van der Waals surface area contributed by atoms with Gasteiger partial charge >= 0.3 is 0 Å². The molecule has 3 fully saturated rings. The molecule has 1 amide bonds. The summed E-state index contributed by atoms with van der Waals surface area (Å²) in [4.78, 5) is 16.5. The average Bonchev–Trinajstić information content (AvgIpc) is 2.75. The topological polar surface area (TPSA) is 58.8 Å². The van der Waals surface area contributed by atoms with E-state index in [1.165, 1.54) is 19.3 Å². The molecule has 1 unspecified atom stereocenters. The summed E-state index contributed by atoms with van der Waals surface area (Å²) in [5.41, 5.74) is 6.46. The van der Waals surface area contributed by atoms with Gasteiger partial charge in [-0.15, -0.1) is 0 Å². The largest absolute Gasteiger partial charge is 0.368 e. The van der Waals surface area contributed by atoms with Gasteiger partial charge in [0.1, 0.15) is 6.61 Å². The number of nitrogens with zero attached hydrogens (tertiary/aromatic N) is 2. The summed E-state index contributed by atoms with van der Waals surface area (Å²) in [6.45, 7) is 3.93. The van der Waals surface area contributed by atoms with Crippen molar-refractivity contribution in [2.45, 2.75) is 44.2 Å². The molecule has 20 heavy (non-hydrogen) atoms. The number of piperidine rings is 1. The van der Waals surface area contributed by atoms with E-state index < -0.39 is 0 Å². The monoisotopic (exact) mass is 281 g/mol. The average molecular weight is 281 g/mol. The molecule has 1 aliphatic carbocycles. The molecule has 1 saturated carbocycles. The number of nitrogens with two attached hydrogens (primary N) is 1. The number of hydrogen-bond donors (Lipinski definition) is 1. The van der Waals surface area contributed by atoms with Gasteiger partial charge in [0.25, 0.3) is 0 Å². The number of hydrogen-bond acceptors (Lipinski definition) is 4. The Bertz CT molecular complexity index is 362. The van der Waals surface area contributed by atoms with Crippen molar-refractivity contribution >= 4 is 5.91 Å². The molecule has 5 heteroatoms. The van der Waals surface area contributed by atoms with Gasteiger partial charge in [-0.2, -0.15) is 0 Å². The minimum Gasteiger partial charge on any atom is -0.368 e. The first kappa shape index (κ1) is 14.3. The first-order valence-electron chi connectivity index (χ1n) is 7.93. The summed E-state index contributed by atoms with van der Waals surface area (Å²) in [5, 5.41) is 0. The van der Waals surface area contributed by atoms with Crippen molar-refractivity contribution < 1.29 is 9.53 Å². The first-order chi connectivity index (χ1) is 9.59. The maximum absolute atomic E-state index is 12.3. The van der Waals surface area contributed by atoms with Gasteiger partial charge < -0.3 is 20.3 Å². The van der Waals surface area contributed by atoms with Crippen LogP contribution >= 0.6 is 0 Å². The Hall–Kier alpha value is -0.650. The molecule has 0 radical (unpaired) electrons. The third kappa shape index (κ3) is 2.71. The van der Waals surface area contributed by atoms with Crippen LogP contribution < -0.4 is 5.73 Å². The van der Waals surface area contributed by atoms with E-state index in [0.717, 1.165) is 39.0 Å². The fourth-order valence-electron chi connectivity index (χ4n) is 3.77. The molecular formula is C15H27N3O2. The summed E-state index contributed by atoms with van der Waals surface area (Å²) in [6, 6.07) is 0.170. The highest BCUT2D eigenvalue weighted by atomic mass is 16.5. The van der Waals surface area contributed by atoms with Crippen LogP contribution in [0.4, 0.5) is 0 Å². The van der Waals surface area contributed by atoms with Gasteiger partial charge in [0.15, 0.2) is 0 Å². The second-order valence-electron chi connectivity index (χ2n) is 6.91. The van der Waals surface area contributed by atoms with Gasteiger partial charge in [0, 0.05) is 37.6 Å². The van der Waals surface area contributed by atoms with Crippen LogP contribution in [0, 0.1) is 5.41 Å². The zero-order chi connectivity index (χ0) is 14.2. The molecule has 0 aromatic heterocycles. The normalized spacial score (nSPS) is 30.7. The standard InChI is InChI=1S/C15H27N3O2/c1-17-7-3-12(4-8-17)20-10-14(19)18-9-13(16)15(11-18)5-2-6-15/h12-13H,2-11,16H2,1H3. The van der Waals surface area contributed by atoms with Crippen LogP contribution in [0.25, 0.3) is 0 Å². The molecule has 2 N–H and O–H groups in total. The molecule has 0 aromatic carbocycles. The lowest BCUT2D eigenvalue weighted by Gasteiger charge is -2.41. The zero-order valence-electron chi connectivity index (χ0n) is 12.5. The Morgan fingerprint density at radius 1 is 1.35 bits per heavy atom. The second kappa shape index (κ2) is 5.62. The molecule has 1 spiro atoms. The number of amides is 1. The van der Waals surface area contributed by atoms with Crippen molar-refractivity contribution in [3.05, 3.63) is 0 Å². The lowest BCUT2D eigenvalue weighted by Crippen LogP contribution is -2.45. The summed E-state index contributed by atoms with van der Waals surface area (Å²) in [6.07, 6.45) is 5.97. The summed E-state index contributed by atoms with van der Waals surface area (Å²) >= 11 is 0. The van der Waals surface area contributed by atoms with Crippen molar-refractivity contribution in [2.24, 2.45) is 11.1 Å². The first-order valence-corrected chi connectivity index (χ1v) is 7.93. The maximum Gasteiger partial charge on any atom is 0.248 e. The molecule has 2 aliphatic heterocycles. The van der Waals surface area contributed by atoms with Crippen molar-refractivity contribution in [1.29, 1.82) is 0 Å². The van der Waals surface area contributed by atoms with Crippen LogP contribution in [0.3, 0.4) is 0 Å². The zero-order valence-corrected chi connectivity index (χ0v) is 12.5. The van der Waals surface area contributed by atoms with Gasteiger partial charge in [-0.05, 0) is 32.7 Å². The quantitative estimate of drug-likeness (QED) is 0.815. The molecule has 2 saturated heterocycles. The predicted octanol–water partition coefficient (Wildman–Crippen LogP) is 0.437. The van der Waals surface area contributed by atoms with Crippen LogP contribution in [-0.2, 0) is 9.53 Å². The number of ether oxygens (including phenoxy) is 1. The molecule has 5 nitrogen and oxygen atoms in total. The van der Waals surface area contributed by atoms with Crippen molar-refractivity contribution in [2.75, 3.05) is 39.8 Å². The summed E-state index contributed by atoms with van der Waals surface area (Å²) in [5.74, 6) is 0.128. The van der Waals surface area contributed by atoms with E-state index in [2.05, 4.69) is 11.9 Å². The highest BCUT2D eigenvalue weighted by Gasteiger charge is 2.49. The van der Waals surface area contributed by atoms with E-state index in [0.29, 0.717) is 0 Å². The third-order valence-corrected chi connectivity index (χ3v) is 5.52. The van der Waals surface area contributed by atoms with Gasteiger partial charge in [0.2, 0.25) is 5.91 Å². The van der Waals surface area contributed by atoms with Crippen LogP contribution in [0.2, 0.25) is 0 Å². The minimum atomic E-state index is 0.128. The van der Waals surface area contributed by atoms with Crippen LogP contribution in [0.5, 0.6) is 0 Å². The lowest BCUT2D eigenvalue weighted by molar-refractivity contribution is -0.138. The molecule has 0 bridgehead atoms. The van der Waals surface area contributed by atoms with Crippen LogP contribution in [-0.4, -0.2) is 67.7 Å². The molecule has 1 atom stereocenters. The summed E-state index contributed by atoms with van der Waals surface area (Å²) in [7, 11) is 2.13. The lowest BCUT2D eigenvalue weighted by atomic mass is 9.66. The van der Waals surface area contributed by atoms with E-state index in [9.17, 15) is 4.79 Å². The van der Waals surface area contributed by atoms with Gasteiger partial charge in [-0.3, -0.25) is 4.79 Å². The SMILES string of the molecule is CN1CCC(OCC(=O)N2CC(N)C3(CCC3)C2)CC1. The number of carbonyl (C=O) groups excluding carboxylic acids is 1. The number of carbonyl (C=O) groups is 1. The Labute approximate surface area is 121 Å². The summed E-state index contributed by atoms with van der Waals surface area (Å²) < 4.78 is 5.80. The minimum absolute atomic E-state index is 0.128. The van der Waals surface area contributed by atoms with Gasteiger partial charge in [-0.1, -0.05) is 6.42 Å². The molecule has 0 aromatic rings. The van der Waals surface area contributed by atoms with E-state index in [4.69, 9.17) is 10.5 Å². The van der Waals surface area contributed by atoms with Crippen LogP contribution in [0.1, 0.15) is 32.1 Å². The predicted molar refractivity (Wildman–Crippen MR) is 77.3 cm³/mol. The van der Waals surface area contributed by atoms with Crippen molar-refractivity contribution in [1.82, 2.24) is 9.80 Å². The van der Waals surface area contributed by atoms with E-state index in [1.807, 2.05) is 4.90 Å². The Balaban J connectivity index is 1.43. The molecule has 3 aliphatic rings. The van der Waals surface area contributed by atoms with Gasteiger partial charge in [0.05, 0.1) is 6.10 Å². The second-order valence-corrected chi connectivity index (χ2v) is 6.91. The Morgan fingerprint density at radius 3 is 2.60 bits per heavy atom. The van der Waals surface area contributed by atoms with Crippen LogP contribution in [0.15, 0.2) is 0 Å². The number of rotatable bonds is 3. The van der Waals surface area contributed by atoms with E-state index in [-0.39, 0.29) is 30.1 Å². The number of likely N-dealkylation sites (tertiary alicyclic amines) is 2. The fraction of sp³-hybridized carbons (Fsp3) is 0.933. The highest BCUT2D eigenvalue weighted by Crippen LogP contribution is 2.47. The maximum atomic E-state index is 12.3. The molecular weight excluding hydrogens is 254 g/mol. The smallest absolute Gasteiger partial charge is 0.248 e. The fourth-order valence-corrected chi connectivity index (χ4v) is 3.77. The van der Waals surface area contributed by atoms with Crippen molar-refractivity contribution in [3.8, 4) is 0 Å². The van der Waals surface area contributed by atoms with E-state index >= 15 is 0 Å². The Morgan fingerprint density at radius 2 is 2.05 bits per heavy atom. The Kier molecular flexibility index (Phi) is 4.02. The third-order valence-electron chi connectivity index (χ3n) is 5.52. The molecule has 114 valence electrons. The molecule has 2 heterocycles. The molecule has 3 rings (SSSR count).